The molecule has 1 aromatic carbocycles. The van der Waals surface area contributed by atoms with Gasteiger partial charge in [-0.3, -0.25) is 4.79 Å². The standard InChI is InChI=1S/C21H29N3O2/c1-17(2)15-21(25)22-16-19(20-9-6-14-26-20)24-12-10-23(11-13-24)18-7-4-3-5-8-18/h3-9,14,17,19H,10-13,15-16H2,1-2H3,(H,22,25)/p+1/t19-/m0/s1. The average Bonchev–Trinajstić information content (AvgIpc) is 3.17. The highest BCUT2D eigenvalue weighted by Crippen LogP contribution is 2.15. The molecule has 0 spiro atoms. The molecule has 1 aliphatic heterocycles. The van der Waals surface area contributed by atoms with Gasteiger partial charge in [0.2, 0.25) is 5.91 Å². The molecule has 0 radical (unpaired) electrons. The van der Waals surface area contributed by atoms with Crippen LogP contribution in [0.3, 0.4) is 0 Å². The van der Waals surface area contributed by atoms with Crippen LogP contribution in [0.5, 0.6) is 0 Å². The number of benzene rings is 1. The number of carbonyl (C=O) groups is 1. The smallest absolute Gasteiger partial charge is 0.220 e. The number of piperazine rings is 1. The van der Waals surface area contributed by atoms with Crippen LogP contribution in [0.1, 0.15) is 32.1 Å². The number of hydrogen-bond donors (Lipinski definition) is 2. The van der Waals surface area contributed by atoms with Crippen LogP contribution in [0, 0.1) is 5.92 Å². The van der Waals surface area contributed by atoms with E-state index in [0.29, 0.717) is 18.9 Å². The maximum atomic E-state index is 12.1. The van der Waals surface area contributed by atoms with Gasteiger partial charge in [0.15, 0.2) is 11.8 Å². The van der Waals surface area contributed by atoms with Gasteiger partial charge in [-0.25, -0.2) is 0 Å². The van der Waals surface area contributed by atoms with Gasteiger partial charge in [-0.05, 0) is 30.2 Å². The lowest BCUT2D eigenvalue weighted by molar-refractivity contribution is -0.932. The van der Waals surface area contributed by atoms with Gasteiger partial charge in [-0.15, -0.1) is 0 Å². The van der Waals surface area contributed by atoms with Gasteiger partial charge in [-0.1, -0.05) is 32.0 Å². The third kappa shape index (κ3) is 4.88. The maximum Gasteiger partial charge on any atom is 0.220 e. The van der Waals surface area contributed by atoms with Crippen LogP contribution in [-0.4, -0.2) is 38.6 Å². The van der Waals surface area contributed by atoms with E-state index in [9.17, 15) is 4.79 Å². The molecule has 2 heterocycles. The fraction of sp³-hybridized carbons (Fsp3) is 0.476. The molecular formula is C21H30N3O2+. The van der Waals surface area contributed by atoms with Crippen molar-refractivity contribution in [2.75, 3.05) is 37.6 Å². The normalized spacial score (nSPS) is 16.7. The predicted molar refractivity (Wildman–Crippen MR) is 103 cm³/mol. The largest absolute Gasteiger partial charge is 0.463 e. The van der Waals surface area contributed by atoms with Crippen LogP contribution >= 0.6 is 0 Å². The van der Waals surface area contributed by atoms with E-state index in [-0.39, 0.29) is 11.9 Å². The molecule has 5 heteroatoms. The Kier molecular flexibility index (Phi) is 6.34. The SMILES string of the molecule is CC(C)CC(=O)NC[C@@H](c1ccco1)[NH+]1CCN(c2ccccc2)CC1. The molecule has 0 bridgehead atoms. The van der Waals surface area contributed by atoms with Crippen molar-refractivity contribution in [3.05, 3.63) is 54.5 Å². The first kappa shape index (κ1) is 18.5. The Morgan fingerprint density at radius 1 is 1.15 bits per heavy atom. The lowest BCUT2D eigenvalue weighted by Crippen LogP contribution is -3.15. The maximum absolute atomic E-state index is 12.1. The van der Waals surface area contributed by atoms with Gasteiger partial charge in [0, 0.05) is 12.1 Å². The molecule has 2 N–H and O–H groups in total. The number of amides is 1. The number of nitrogens with zero attached hydrogens (tertiary/aromatic N) is 1. The topological polar surface area (TPSA) is 49.9 Å². The minimum Gasteiger partial charge on any atom is -0.463 e. The first-order valence-electron chi connectivity index (χ1n) is 9.58. The molecule has 2 aromatic rings. The van der Waals surface area contributed by atoms with Gasteiger partial charge in [0.1, 0.15) is 0 Å². The van der Waals surface area contributed by atoms with E-state index in [0.717, 1.165) is 31.9 Å². The zero-order chi connectivity index (χ0) is 18.4. The van der Waals surface area contributed by atoms with E-state index in [2.05, 4.69) is 54.4 Å². The Morgan fingerprint density at radius 3 is 2.50 bits per heavy atom. The second-order valence-corrected chi connectivity index (χ2v) is 7.45. The molecule has 0 aliphatic carbocycles. The molecule has 0 unspecified atom stereocenters. The molecule has 1 aromatic heterocycles. The van der Waals surface area contributed by atoms with Gasteiger partial charge < -0.3 is 19.5 Å². The second kappa shape index (κ2) is 8.90. The minimum atomic E-state index is 0.124. The number of anilines is 1. The van der Waals surface area contributed by atoms with Crippen LogP contribution in [-0.2, 0) is 4.79 Å². The Morgan fingerprint density at radius 2 is 1.88 bits per heavy atom. The van der Waals surface area contributed by atoms with E-state index < -0.39 is 0 Å². The van der Waals surface area contributed by atoms with Crippen molar-refractivity contribution in [1.29, 1.82) is 0 Å². The van der Waals surface area contributed by atoms with Crippen LogP contribution in [0.25, 0.3) is 0 Å². The summed E-state index contributed by atoms with van der Waals surface area (Å²) in [6.07, 6.45) is 2.29. The van der Waals surface area contributed by atoms with Crippen molar-refractivity contribution < 1.29 is 14.1 Å². The molecule has 140 valence electrons. The number of hydrogen-bond acceptors (Lipinski definition) is 3. The van der Waals surface area contributed by atoms with Gasteiger partial charge in [0.25, 0.3) is 0 Å². The summed E-state index contributed by atoms with van der Waals surface area (Å²) in [7, 11) is 0. The summed E-state index contributed by atoms with van der Waals surface area (Å²) in [5, 5.41) is 3.11. The first-order chi connectivity index (χ1) is 12.6. The number of quaternary nitrogens is 1. The molecule has 3 rings (SSSR count). The highest BCUT2D eigenvalue weighted by Gasteiger charge is 2.30. The van der Waals surface area contributed by atoms with Crippen molar-refractivity contribution in [2.45, 2.75) is 26.3 Å². The zero-order valence-electron chi connectivity index (χ0n) is 15.8. The van der Waals surface area contributed by atoms with Crippen LogP contribution in [0.4, 0.5) is 5.69 Å². The van der Waals surface area contributed by atoms with E-state index in [4.69, 9.17) is 4.42 Å². The molecule has 1 saturated heterocycles. The number of furan rings is 1. The minimum absolute atomic E-state index is 0.124. The Labute approximate surface area is 156 Å². The lowest BCUT2D eigenvalue weighted by Gasteiger charge is -2.37. The third-order valence-corrected chi connectivity index (χ3v) is 5.00. The summed E-state index contributed by atoms with van der Waals surface area (Å²) >= 11 is 0. The highest BCUT2D eigenvalue weighted by molar-refractivity contribution is 5.76. The predicted octanol–water partition coefficient (Wildman–Crippen LogP) is 1.89. The molecule has 1 atom stereocenters. The number of carbonyl (C=O) groups excluding carboxylic acids is 1. The highest BCUT2D eigenvalue weighted by atomic mass is 16.3. The van der Waals surface area contributed by atoms with Gasteiger partial charge in [-0.2, -0.15) is 0 Å². The van der Waals surface area contributed by atoms with Gasteiger partial charge >= 0.3 is 0 Å². The van der Waals surface area contributed by atoms with Crippen LogP contribution in [0.15, 0.2) is 53.1 Å². The summed E-state index contributed by atoms with van der Waals surface area (Å²) in [5.41, 5.74) is 1.28. The summed E-state index contributed by atoms with van der Waals surface area (Å²) < 4.78 is 5.69. The fourth-order valence-electron chi connectivity index (χ4n) is 3.63. The first-order valence-corrected chi connectivity index (χ1v) is 9.58. The molecule has 5 nitrogen and oxygen atoms in total. The Hall–Kier alpha value is -2.27. The molecule has 0 saturated carbocycles. The van der Waals surface area contributed by atoms with Crippen molar-refractivity contribution in [3.63, 3.8) is 0 Å². The number of para-hydroxylation sites is 1. The van der Waals surface area contributed by atoms with Crippen molar-refractivity contribution in [3.8, 4) is 0 Å². The summed E-state index contributed by atoms with van der Waals surface area (Å²) in [4.78, 5) is 16.0. The van der Waals surface area contributed by atoms with E-state index >= 15 is 0 Å². The molecular weight excluding hydrogens is 326 g/mol. The second-order valence-electron chi connectivity index (χ2n) is 7.45. The molecule has 1 amide bonds. The van der Waals surface area contributed by atoms with Crippen molar-refractivity contribution >= 4 is 11.6 Å². The number of nitrogens with one attached hydrogen (secondary N) is 2. The molecule has 26 heavy (non-hydrogen) atoms. The van der Waals surface area contributed by atoms with Gasteiger partial charge in [0.05, 0.1) is 39.0 Å². The molecule has 1 fully saturated rings. The summed E-state index contributed by atoms with van der Waals surface area (Å²) in [6, 6.07) is 14.7. The monoisotopic (exact) mass is 356 g/mol. The van der Waals surface area contributed by atoms with Crippen molar-refractivity contribution in [2.24, 2.45) is 5.92 Å². The number of rotatable bonds is 7. The van der Waals surface area contributed by atoms with E-state index in [1.165, 1.54) is 10.6 Å². The summed E-state index contributed by atoms with van der Waals surface area (Å²) in [6.45, 7) is 8.84. The van der Waals surface area contributed by atoms with E-state index in [1.54, 1.807) is 6.26 Å². The van der Waals surface area contributed by atoms with Crippen LogP contribution < -0.4 is 15.1 Å². The lowest BCUT2D eigenvalue weighted by atomic mass is 10.1. The third-order valence-electron chi connectivity index (χ3n) is 5.00. The summed E-state index contributed by atoms with van der Waals surface area (Å²) in [5.74, 6) is 1.45. The zero-order valence-corrected chi connectivity index (χ0v) is 15.8. The molecule has 1 aliphatic rings. The van der Waals surface area contributed by atoms with E-state index in [1.807, 2.05) is 12.1 Å². The fourth-order valence-corrected chi connectivity index (χ4v) is 3.63. The average molecular weight is 356 g/mol. The van der Waals surface area contributed by atoms with Crippen LogP contribution in [0.2, 0.25) is 0 Å². The quantitative estimate of drug-likeness (QED) is 0.797. The Balaban J connectivity index is 1.60. The Bertz CT molecular complexity index is 662. The van der Waals surface area contributed by atoms with Crippen molar-refractivity contribution in [1.82, 2.24) is 5.32 Å².